The number of carbonyl (C=O) groups is 1. The van der Waals surface area contributed by atoms with E-state index in [1.807, 2.05) is 25.1 Å². The summed E-state index contributed by atoms with van der Waals surface area (Å²) < 4.78 is -0.420. The van der Waals surface area contributed by atoms with Crippen molar-refractivity contribution in [3.05, 3.63) is 35.9 Å². The molecule has 0 fully saturated rings. The van der Waals surface area contributed by atoms with E-state index in [0.717, 1.165) is 31.4 Å². The lowest BCUT2D eigenvalue weighted by atomic mass is 9.95. The number of thioether (sulfide) groups is 1. The van der Waals surface area contributed by atoms with E-state index in [1.54, 1.807) is 11.8 Å². The molecular weight excluding hydrogens is 306 g/mol. The summed E-state index contributed by atoms with van der Waals surface area (Å²) in [6, 6.07) is 9.28. The van der Waals surface area contributed by atoms with Crippen LogP contribution < -0.4 is 5.73 Å². The fourth-order valence-corrected chi connectivity index (χ4v) is 3.38. The summed E-state index contributed by atoms with van der Waals surface area (Å²) in [5.41, 5.74) is 7.13. The Bertz CT molecular complexity index is 416. The maximum absolute atomic E-state index is 11.3. The maximum Gasteiger partial charge on any atom is 0.321 e. The smallest absolute Gasteiger partial charge is 0.321 e. The van der Waals surface area contributed by atoms with Gasteiger partial charge >= 0.3 is 5.97 Å². The fourth-order valence-electron chi connectivity index (χ4n) is 2.13. The molecule has 21 heavy (non-hydrogen) atoms. The zero-order valence-electron chi connectivity index (χ0n) is 12.7. The lowest BCUT2D eigenvalue weighted by molar-refractivity contribution is -0.139. The zero-order chi connectivity index (χ0) is 15.0. The zero-order valence-corrected chi connectivity index (χ0v) is 14.4. The molecule has 0 aliphatic carbocycles. The predicted octanol–water partition coefficient (Wildman–Crippen LogP) is 4.09. The monoisotopic (exact) mass is 331 g/mol. The standard InChI is InChI=1S/C16H25NO2S.ClH/c1-3-4-8-11-16(2,14(17)15(18)19)20-12-13-9-6-5-7-10-13;/h5-7,9-10,14H,3-4,8,11-12,17H2,1-2H3,(H,18,19);1H. The van der Waals surface area contributed by atoms with E-state index in [4.69, 9.17) is 5.73 Å². The first kappa shape index (κ1) is 20.3. The molecule has 0 aliphatic rings. The van der Waals surface area contributed by atoms with Crippen LogP contribution in [0.1, 0.15) is 45.1 Å². The first-order valence-corrected chi connectivity index (χ1v) is 8.14. The second-order valence-electron chi connectivity index (χ2n) is 5.36. The molecule has 0 saturated carbocycles. The van der Waals surface area contributed by atoms with Gasteiger partial charge in [0.25, 0.3) is 0 Å². The van der Waals surface area contributed by atoms with Gasteiger partial charge in [0.2, 0.25) is 0 Å². The van der Waals surface area contributed by atoms with Crippen LogP contribution in [0.25, 0.3) is 0 Å². The number of hydrogen-bond acceptors (Lipinski definition) is 3. The summed E-state index contributed by atoms with van der Waals surface area (Å²) in [6.45, 7) is 4.13. The van der Waals surface area contributed by atoms with Crippen molar-refractivity contribution in [2.75, 3.05) is 0 Å². The number of benzene rings is 1. The molecule has 0 bridgehead atoms. The topological polar surface area (TPSA) is 63.3 Å². The average Bonchev–Trinajstić information content (AvgIpc) is 2.45. The van der Waals surface area contributed by atoms with E-state index >= 15 is 0 Å². The van der Waals surface area contributed by atoms with Gasteiger partial charge in [0.05, 0.1) is 0 Å². The molecule has 0 aromatic heterocycles. The van der Waals surface area contributed by atoms with Gasteiger partial charge < -0.3 is 10.8 Å². The van der Waals surface area contributed by atoms with Crippen LogP contribution in [0.5, 0.6) is 0 Å². The molecule has 5 heteroatoms. The molecule has 120 valence electrons. The van der Waals surface area contributed by atoms with Gasteiger partial charge in [0.1, 0.15) is 6.04 Å². The third-order valence-electron chi connectivity index (χ3n) is 3.61. The molecule has 0 spiro atoms. The van der Waals surface area contributed by atoms with E-state index in [2.05, 4.69) is 19.1 Å². The minimum absolute atomic E-state index is 0. The number of aliphatic carboxylic acids is 1. The van der Waals surface area contributed by atoms with Gasteiger partial charge in [-0.05, 0) is 18.9 Å². The maximum atomic E-state index is 11.3. The highest BCUT2D eigenvalue weighted by Crippen LogP contribution is 2.36. The normalized spacial score (nSPS) is 14.8. The molecule has 3 nitrogen and oxygen atoms in total. The van der Waals surface area contributed by atoms with Crippen LogP contribution in [-0.2, 0) is 10.5 Å². The Balaban J connectivity index is 0.00000400. The van der Waals surface area contributed by atoms with Crippen molar-refractivity contribution in [3.8, 4) is 0 Å². The molecule has 0 amide bonds. The summed E-state index contributed by atoms with van der Waals surface area (Å²) in [6.07, 6.45) is 4.11. The van der Waals surface area contributed by atoms with Crippen LogP contribution in [0.3, 0.4) is 0 Å². The number of carboxylic acid groups (broad SMARTS) is 1. The Labute approximate surface area is 138 Å². The van der Waals surface area contributed by atoms with Crippen molar-refractivity contribution >= 4 is 30.1 Å². The van der Waals surface area contributed by atoms with Crippen LogP contribution in [-0.4, -0.2) is 21.9 Å². The van der Waals surface area contributed by atoms with Gasteiger partial charge in [-0.3, -0.25) is 4.79 Å². The lowest BCUT2D eigenvalue weighted by Gasteiger charge is -2.32. The molecular formula is C16H26ClNO2S. The molecule has 1 aromatic carbocycles. The van der Waals surface area contributed by atoms with Crippen LogP contribution in [0.2, 0.25) is 0 Å². The number of halogens is 1. The van der Waals surface area contributed by atoms with Gasteiger partial charge in [0.15, 0.2) is 0 Å². The molecule has 3 N–H and O–H groups in total. The summed E-state index contributed by atoms with van der Waals surface area (Å²) in [7, 11) is 0. The Morgan fingerprint density at radius 3 is 2.48 bits per heavy atom. The van der Waals surface area contributed by atoms with Gasteiger partial charge in [0, 0.05) is 10.5 Å². The highest BCUT2D eigenvalue weighted by Gasteiger charge is 2.36. The number of nitrogens with two attached hydrogens (primary N) is 1. The van der Waals surface area contributed by atoms with E-state index < -0.39 is 16.8 Å². The van der Waals surface area contributed by atoms with Crippen LogP contribution in [0.4, 0.5) is 0 Å². The number of carboxylic acids is 1. The highest BCUT2D eigenvalue weighted by molar-refractivity contribution is 8.00. The number of rotatable bonds is 9. The van der Waals surface area contributed by atoms with Crippen LogP contribution in [0, 0.1) is 0 Å². The van der Waals surface area contributed by atoms with Crippen molar-refractivity contribution in [1.82, 2.24) is 0 Å². The molecule has 1 aromatic rings. The minimum Gasteiger partial charge on any atom is -0.480 e. The van der Waals surface area contributed by atoms with E-state index in [9.17, 15) is 9.90 Å². The first-order valence-electron chi connectivity index (χ1n) is 7.16. The molecule has 0 saturated heterocycles. The molecule has 0 radical (unpaired) electrons. The largest absolute Gasteiger partial charge is 0.480 e. The third-order valence-corrected chi connectivity index (χ3v) is 5.21. The first-order chi connectivity index (χ1) is 9.49. The summed E-state index contributed by atoms with van der Waals surface area (Å²) >= 11 is 1.66. The Morgan fingerprint density at radius 1 is 1.33 bits per heavy atom. The summed E-state index contributed by atoms with van der Waals surface area (Å²) in [5.74, 6) is -0.116. The summed E-state index contributed by atoms with van der Waals surface area (Å²) in [4.78, 5) is 11.3. The minimum atomic E-state index is -0.912. The average molecular weight is 332 g/mol. The SMILES string of the molecule is CCCCCC(C)(SCc1ccccc1)C(N)C(=O)O.Cl. The molecule has 0 aliphatic heterocycles. The Morgan fingerprint density at radius 2 is 1.95 bits per heavy atom. The second kappa shape index (κ2) is 10.1. The van der Waals surface area contributed by atoms with E-state index in [-0.39, 0.29) is 12.4 Å². The quantitative estimate of drug-likeness (QED) is 0.669. The number of unbranched alkanes of at least 4 members (excludes halogenated alkanes) is 2. The van der Waals surface area contributed by atoms with Gasteiger partial charge in [-0.25, -0.2) is 0 Å². The molecule has 1 rings (SSSR count). The van der Waals surface area contributed by atoms with Gasteiger partial charge in [-0.2, -0.15) is 0 Å². The Kier molecular flexibility index (Phi) is 9.75. The lowest BCUT2D eigenvalue weighted by Crippen LogP contribution is -2.48. The van der Waals surface area contributed by atoms with Gasteiger partial charge in [-0.1, -0.05) is 56.5 Å². The fraction of sp³-hybridized carbons (Fsp3) is 0.562. The van der Waals surface area contributed by atoms with Crippen molar-refractivity contribution in [1.29, 1.82) is 0 Å². The second-order valence-corrected chi connectivity index (χ2v) is 6.87. The van der Waals surface area contributed by atoms with E-state index in [0.29, 0.717) is 0 Å². The van der Waals surface area contributed by atoms with Crippen molar-refractivity contribution in [2.45, 2.75) is 56.1 Å². The van der Waals surface area contributed by atoms with Crippen molar-refractivity contribution < 1.29 is 9.90 Å². The van der Waals surface area contributed by atoms with Crippen molar-refractivity contribution in [2.24, 2.45) is 5.73 Å². The van der Waals surface area contributed by atoms with E-state index in [1.165, 1.54) is 5.56 Å². The molecule has 2 unspecified atom stereocenters. The molecule has 0 heterocycles. The highest BCUT2D eigenvalue weighted by atomic mass is 35.5. The van der Waals surface area contributed by atoms with Gasteiger partial charge in [-0.15, -0.1) is 24.2 Å². The van der Waals surface area contributed by atoms with Crippen molar-refractivity contribution in [3.63, 3.8) is 0 Å². The third kappa shape index (κ3) is 6.72. The molecule has 2 atom stereocenters. The predicted molar refractivity (Wildman–Crippen MR) is 93.1 cm³/mol. The van der Waals surface area contributed by atoms with Crippen LogP contribution >= 0.6 is 24.2 Å². The van der Waals surface area contributed by atoms with Crippen LogP contribution in [0.15, 0.2) is 30.3 Å². The Hall–Kier alpha value is -0.710. The number of hydrogen-bond donors (Lipinski definition) is 2. The summed E-state index contributed by atoms with van der Waals surface area (Å²) in [5, 5.41) is 9.23.